The van der Waals surface area contributed by atoms with E-state index in [-0.39, 0.29) is 18.1 Å². The first kappa shape index (κ1) is 15.5. The van der Waals surface area contributed by atoms with Gasteiger partial charge in [-0.05, 0) is 45.9 Å². The lowest BCUT2D eigenvalue weighted by Crippen LogP contribution is -2.30. The van der Waals surface area contributed by atoms with Crippen LogP contribution in [0.3, 0.4) is 0 Å². The van der Waals surface area contributed by atoms with Crippen molar-refractivity contribution in [2.24, 2.45) is 0 Å². The molecule has 0 bridgehead atoms. The van der Waals surface area contributed by atoms with Crippen molar-refractivity contribution in [3.8, 4) is 5.75 Å². The van der Waals surface area contributed by atoms with E-state index in [0.717, 1.165) is 11.3 Å². The molecule has 0 saturated carbocycles. The third-order valence-corrected chi connectivity index (χ3v) is 2.53. The number of hydrogen-bond donors (Lipinski definition) is 1. The number of rotatable bonds is 6. The van der Waals surface area contributed by atoms with Crippen LogP contribution in [0.25, 0.3) is 0 Å². The summed E-state index contributed by atoms with van der Waals surface area (Å²) in [4.78, 5) is 12.0. The molecule has 4 heteroatoms. The monoisotopic (exact) mass is 265 g/mol. The third kappa shape index (κ3) is 4.91. The second kappa shape index (κ2) is 7.14. The zero-order valence-corrected chi connectivity index (χ0v) is 12.3. The van der Waals surface area contributed by atoms with Crippen molar-refractivity contribution in [3.63, 3.8) is 0 Å². The van der Waals surface area contributed by atoms with Crippen LogP contribution < -0.4 is 10.1 Å². The van der Waals surface area contributed by atoms with Gasteiger partial charge in [-0.2, -0.15) is 0 Å². The minimum absolute atomic E-state index is 0.0801. The Labute approximate surface area is 115 Å². The van der Waals surface area contributed by atoms with Gasteiger partial charge in [-0.3, -0.25) is 4.79 Å². The van der Waals surface area contributed by atoms with Crippen molar-refractivity contribution in [2.75, 3.05) is 7.11 Å². The molecule has 0 aliphatic carbocycles. The zero-order chi connectivity index (χ0) is 14.4. The average molecular weight is 265 g/mol. The summed E-state index contributed by atoms with van der Waals surface area (Å²) in [7, 11) is 1.61. The molecule has 0 radical (unpaired) electrons. The van der Waals surface area contributed by atoms with Gasteiger partial charge in [0.05, 0.1) is 19.8 Å². The van der Waals surface area contributed by atoms with Gasteiger partial charge in [0.1, 0.15) is 5.75 Å². The Hall–Kier alpha value is -1.55. The second-order valence-corrected chi connectivity index (χ2v) is 5.01. The summed E-state index contributed by atoms with van der Waals surface area (Å²) in [5.41, 5.74) is 1.50. The highest BCUT2D eigenvalue weighted by Gasteiger charge is 2.11. The van der Waals surface area contributed by atoms with Gasteiger partial charge in [-0.25, -0.2) is 0 Å². The summed E-state index contributed by atoms with van der Waals surface area (Å²) >= 11 is 0. The molecule has 4 nitrogen and oxygen atoms in total. The molecule has 0 aliphatic heterocycles. The van der Waals surface area contributed by atoms with E-state index in [9.17, 15) is 4.79 Å². The van der Waals surface area contributed by atoms with E-state index in [1.165, 1.54) is 0 Å². The molecular weight excluding hydrogens is 242 g/mol. The number of carbonyl (C=O) groups is 1. The summed E-state index contributed by atoms with van der Waals surface area (Å²) in [6, 6.07) is 5.49. The van der Waals surface area contributed by atoms with Crippen LogP contribution in [-0.4, -0.2) is 25.2 Å². The Balaban J connectivity index is 2.90. The molecular formula is C15H23NO3. The first-order valence-electron chi connectivity index (χ1n) is 6.53. The molecule has 1 N–H and O–H groups in total. The van der Waals surface area contributed by atoms with E-state index in [2.05, 4.69) is 5.32 Å². The minimum Gasteiger partial charge on any atom is -0.496 e. The summed E-state index contributed by atoms with van der Waals surface area (Å²) in [6.45, 7) is 8.25. The molecule has 0 aliphatic rings. The Morgan fingerprint density at radius 3 is 2.47 bits per heavy atom. The molecule has 1 rings (SSSR count). The Morgan fingerprint density at radius 1 is 1.26 bits per heavy atom. The standard InChI is InChI=1S/C15H23NO3/c1-10(2)16-15(17)12-6-7-14(18-5)13(8-12)9-19-11(3)4/h6-8,10-11H,9H2,1-5H3,(H,16,17). The molecule has 19 heavy (non-hydrogen) atoms. The van der Waals surface area contributed by atoms with Crippen LogP contribution in [0, 0.1) is 0 Å². The smallest absolute Gasteiger partial charge is 0.251 e. The van der Waals surface area contributed by atoms with Gasteiger partial charge >= 0.3 is 0 Å². The van der Waals surface area contributed by atoms with Crippen LogP contribution in [0.1, 0.15) is 43.6 Å². The van der Waals surface area contributed by atoms with Crippen molar-refractivity contribution in [2.45, 2.75) is 46.4 Å². The number of nitrogens with one attached hydrogen (secondary N) is 1. The number of benzene rings is 1. The predicted molar refractivity (Wildman–Crippen MR) is 75.5 cm³/mol. The molecule has 0 unspecified atom stereocenters. The average Bonchev–Trinajstić information content (AvgIpc) is 2.35. The Bertz CT molecular complexity index is 427. The summed E-state index contributed by atoms with van der Waals surface area (Å²) < 4.78 is 10.9. The van der Waals surface area contributed by atoms with Crippen molar-refractivity contribution in [1.29, 1.82) is 0 Å². The number of hydrogen-bond acceptors (Lipinski definition) is 3. The summed E-state index contributed by atoms with van der Waals surface area (Å²) in [5, 5.41) is 2.87. The van der Waals surface area contributed by atoms with Crippen LogP contribution in [-0.2, 0) is 11.3 Å². The maximum absolute atomic E-state index is 12.0. The molecule has 106 valence electrons. The quantitative estimate of drug-likeness (QED) is 0.860. The highest BCUT2D eigenvalue weighted by molar-refractivity contribution is 5.94. The van der Waals surface area contributed by atoms with Crippen molar-refractivity contribution >= 4 is 5.91 Å². The van der Waals surface area contributed by atoms with Gasteiger partial charge in [0.15, 0.2) is 0 Å². The lowest BCUT2D eigenvalue weighted by molar-refractivity contribution is 0.0644. The van der Waals surface area contributed by atoms with Crippen LogP contribution in [0.2, 0.25) is 0 Å². The molecule has 0 aromatic heterocycles. The summed E-state index contributed by atoms with van der Waals surface area (Å²) in [6.07, 6.45) is 0.137. The van der Waals surface area contributed by atoms with Crippen molar-refractivity contribution in [3.05, 3.63) is 29.3 Å². The largest absolute Gasteiger partial charge is 0.496 e. The van der Waals surface area contributed by atoms with Crippen LogP contribution in [0.5, 0.6) is 5.75 Å². The summed E-state index contributed by atoms with van der Waals surface area (Å²) in [5.74, 6) is 0.658. The van der Waals surface area contributed by atoms with E-state index >= 15 is 0 Å². The normalized spacial score (nSPS) is 10.9. The highest BCUT2D eigenvalue weighted by Crippen LogP contribution is 2.21. The van der Waals surface area contributed by atoms with Gasteiger partial charge in [-0.15, -0.1) is 0 Å². The van der Waals surface area contributed by atoms with Gasteiger partial charge in [0.2, 0.25) is 0 Å². The number of methoxy groups -OCH3 is 1. The SMILES string of the molecule is COc1ccc(C(=O)NC(C)C)cc1COC(C)C. The number of ether oxygens (including phenoxy) is 2. The first-order chi connectivity index (χ1) is 8.93. The van der Waals surface area contributed by atoms with E-state index in [0.29, 0.717) is 12.2 Å². The molecule has 1 aromatic rings. The van der Waals surface area contributed by atoms with E-state index in [1.807, 2.05) is 33.8 Å². The van der Waals surface area contributed by atoms with Crippen molar-refractivity contribution in [1.82, 2.24) is 5.32 Å². The lowest BCUT2D eigenvalue weighted by Gasteiger charge is -2.14. The maximum Gasteiger partial charge on any atom is 0.251 e. The van der Waals surface area contributed by atoms with Crippen LogP contribution in [0.4, 0.5) is 0 Å². The highest BCUT2D eigenvalue weighted by atomic mass is 16.5. The molecule has 1 amide bonds. The second-order valence-electron chi connectivity index (χ2n) is 5.01. The minimum atomic E-state index is -0.0801. The molecule has 0 heterocycles. The fourth-order valence-corrected chi connectivity index (χ4v) is 1.63. The predicted octanol–water partition coefficient (Wildman–Crippen LogP) is 2.76. The van der Waals surface area contributed by atoms with Gasteiger partial charge in [0.25, 0.3) is 5.91 Å². The van der Waals surface area contributed by atoms with Crippen LogP contribution in [0.15, 0.2) is 18.2 Å². The topological polar surface area (TPSA) is 47.6 Å². The first-order valence-corrected chi connectivity index (χ1v) is 6.53. The van der Waals surface area contributed by atoms with E-state index in [4.69, 9.17) is 9.47 Å². The third-order valence-electron chi connectivity index (χ3n) is 2.53. The molecule has 0 saturated heterocycles. The maximum atomic E-state index is 12.0. The molecule has 0 fully saturated rings. The Morgan fingerprint density at radius 2 is 1.95 bits per heavy atom. The fraction of sp³-hybridized carbons (Fsp3) is 0.533. The van der Waals surface area contributed by atoms with Gasteiger partial charge < -0.3 is 14.8 Å². The zero-order valence-electron chi connectivity index (χ0n) is 12.3. The van der Waals surface area contributed by atoms with E-state index < -0.39 is 0 Å². The molecule has 0 atom stereocenters. The molecule has 1 aromatic carbocycles. The van der Waals surface area contributed by atoms with Gasteiger partial charge in [0, 0.05) is 17.2 Å². The lowest BCUT2D eigenvalue weighted by atomic mass is 10.1. The number of amides is 1. The van der Waals surface area contributed by atoms with Crippen LogP contribution >= 0.6 is 0 Å². The van der Waals surface area contributed by atoms with E-state index in [1.54, 1.807) is 19.2 Å². The van der Waals surface area contributed by atoms with Crippen molar-refractivity contribution < 1.29 is 14.3 Å². The van der Waals surface area contributed by atoms with Gasteiger partial charge in [-0.1, -0.05) is 0 Å². The fourth-order valence-electron chi connectivity index (χ4n) is 1.63. The molecule has 0 spiro atoms. The number of carbonyl (C=O) groups excluding carboxylic acids is 1. The Kier molecular flexibility index (Phi) is 5.83.